The molecule has 3 N–H and O–H groups in total. The molecule has 0 aliphatic rings. The van der Waals surface area contributed by atoms with E-state index in [4.69, 9.17) is 5.73 Å². The van der Waals surface area contributed by atoms with Crippen molar-refractivity contribution in [1.29, 1.82) is 0 Å². The van der Waals surface area contributed by atoms with Gasteiger partial charge in [-0.15, -0.1) is 0 Å². The SMILES string of the molecule is CCc1cncc(NC(=O)c2c(N)ncn(-c3c(C)cc(CCF)cc3C)c2=O)c1. The largest absolute Gasteiger partial charge is 0.383 e. The third kappa shape index (κ3) is 4.22. The van der Waals surface area contributed by atoms with Crippen LogP contribution in [-0.4, -0.2) is 27.1 Å². The average molecular weight is 409 g/mol. The lowest BCUT2D eigenvalue weighted by atomic mass is 10.0. The Balaban J connectivity index is 2.04. The van der Waals surface area contributed by atoms with Crippen LogP contribution < -0.4 is 16.6 Å². The normalized spacial score (nSPS) is 10.8. The summed E-state index contributed by atoms with van der Waals surface area (Å²) in [5.74, 6) is -0.809. The molecule has 0 bridgehead atoms. The molecule has 0 saturated carbocycles. The van der Waals surface area contributed by atoms with Crippen LogP contribution in [-0.2, 0) is 12.8 Å². The third-order valence-electron chi connectivity index (χ3n) is 4.86. The van der Waals surface area contributed by atoms with Crippen LogP contribution in [0.3, 0.4) is 0 Å². The fraction of sp³-hybridized carbons (Fsp3) is 0.273. The molecule has 2 aromatic heterocycles. The molecular weight excluding hydrogens is 385 g/mol. The topological polar surface area (TPSA) is 103 Å². The summed E-state index contributed by atoms with van der Waals surface area (Å²) in [7, 11) is 0. The molecule has 0 spiro atoms. The number of nitrogens with one attached hydrogen (secondary N) is 1. The first kappa shape index (κ1) is 21.2. The Labute approximate surface area is 173 Å². The van der Waals surface area contributed by atoms with Gasteiger partial charge in [-0.05, 0) is 48.6 Å². The number of benzene rings is 1. The molecule has 0 fully saturated rings. The Morgan fingerprint density at radius 1 is 1.17 bits per heavy atom. The molecule has 1 amide bonds. The predicted molar refractivity (Wildman–Crippen MR) is 115 cm³/mol. The van der Waals surface area contributed by atoms with Crippen LogP contribution in [0.5, 0.6) is 0 Å². The molecule has 0 radical (unpaired) electrons. The summed E-state index contributed by atoms with van der Waals surface area (Å²) in [5, 5.41) is 2.67. The number of alkyl halides is 1. The van der Waals surface area contributed by atoms with E-state index in [9.17, 15) is 14.0 Å². The van der Waals surface area contributed by atoms with Crippen LogP contribution >= 0.6 is 0 Å². The van der Waals surface area contributed by atoms with Crippen LogP contribution in [0.1, 0.15) is 39.5 Å². The highest BCUT2D eigenvalue weighted by molar-refractivity contribution is 6.06. The van der Waals surface area contributed by atoms with Gasteiger partial charge in [0.15, 0.2) is 0 Å². The van der Waals surface area contributed by atoms with Crippen molar-refractivity contribution in [3.8, 4) is 5.69 Å². The number of carbonyl (C=O) groups excluding carboxylic acids is 1. The van der Waals surface area contributed by atoms with Crippen molar-refractivity contribution in [1.82, 2.24) is 14.5 Å². The molecular formula is C22H24FN5O2. The van der Waals surface area contributed by atoms with Gasteiger partial charge in [0.1, 0.15) is 17.7 Å². The molecule has 0 saturated heterocycles. The Kier molecular flexibility index (Phi) is 6.25. The number of anilines is 2. The minimum atomic E-state index is -0.654. The second-order valence-electron chi connectivity index (χ2n) is 7.09. The zero-order chi connectivity index (χ0) is 21.8. The molecule has 1 aromatic carbocycles. The average Bonchev–Trinajstić information content (AvgIpc) is 2.69. The van der Waals surface area contributed by atoms with Crippen LogP contribution in [0.25, 0.3) is 5.69 Å². The van der Waals surface area contributed by atoms with Crippen molar-refractivity contribution in [3.63, 3.8) is 0 Å². The van der Waals surface area contributed by atoms with Gasteiger partial charge in [0.25, 0.3) is 11.5 Å². The molecule has 3 aromatic rings. The molecule has 156 valence electrons. The van der Waals surface area contributed by atoms with Crippen molar-refractivity contribution in [2.24, 2.45) is 0 Å². The summed E-state index contributed by atoms with van der Waals surface area (Å²) < 4.78 is 14.0. The second-order valence-corrected chi connectivity index (χ2v) is 7.09. The van der Waals surface area contributed by atoms with E-state index < -0.39 is 18.1 Å². The van der Waals surface area contributed by atoms with Crippen LogP contribution in [0.2, 0.25) is 0 Å². The van der Waals surface area contributed by atoms with E-state index in [2.05, 4.69) is 15.3 Å². The van der Waals surface area contributed by atoms with Crippen molar-refractivity contribution in [3.05, 3.63) is 75.1 Å². The van der Waals surface area contributed by atoms with Gasteiger partial charge >= 0.3 is 0 Å². The smallest absolute Gasteiger partial charge is 0.272 e. The van der Waals surface area contributed by atoms with Gasteiger partial charge < -0.3 is 11.1 Å². The third-order valence-corrected chi connectivity index (χ3v) is 4.86. The zero-order valence-corrected chi connectivity index (χ0v) is 17.2. The summed E-state index contributed by atoms with van der Waals surface area (Å²) in [6.45, 7) is 5.17. The number of hydrogen-bond acceptors (Lipinski definition) is 5. The quantitative estimate of drug-likeness (QED) is 0.651. The maximum Gasteiger partial charge on any atom is 0.272 e. The molecule has 0 unspecified atom stereocenters. The van der Waals surface area contributed by atoms with Crippen molar-refractivity contribution < 1.29 is 9.18 Å². The number of halogens is 1. The summed E-state index contributed by atoms with van der Waals surface area (Å²) in [6, 6.07) is 5.44. The second kappa shape index (κ2) is 8.86. The summed E-state index contributed by atoms with van der Waals surface area (Å²) in [6.07, 6.45) is 5.57. The summed E-state index contributed by atoms with van der Waals surface area (Å²) in [4.78, 5) is 34.1. The number of nitrogen functional groups attached to an aromatic ring is 1. The van der Waals surface area contributed by atoms with Crippen molar-refractivity contribution >= 4 is 17.4 Å². The number of rotatable bonds is 6. The van der Waals surface area contributed by atoms with Crippen LogP contribution in [0.4, 0.5) is 15.9 Å². The lowest BCUT2D eigenvalue weighted by Crippen LogP contribution is -2.31. The number of pyridine rings is 1. The fourth-order valence-electron chi connectivity index (χ4n) is 3.46. The molecule has 0 aliphatic carbocycles. The van der Waals surface area contributed by atoms with E-state index in [0.717, 1.165) is 28.7 Å². The number of aryl methyl sites for hydroxylation is 4. The number of amides is 1. The standard InChI is InChI=1S/C22H24FN5O2/c1-4-15-9-17(11-25-10-15)27-21(29)18-20(24)26-12-28(22(18)30)19-13(2)7-16(5-6-23)8-14(19)3/h7-12H,4-6,24H2,1-3H3,(H,27,29). The van der Waals surface area contributed by atoms with E-state index in [1.165, 1.54) is 17.1 Å². The molecule has 7 nitrogen and oxygen atoms in total. The highest BCUT2D eigenvalue weighted by atomic mass is 19.1. The van der Waals surface area contributed by atoms with Gasteiger partial charge in [-0.1, -0.05) is 19.1 Å². The first-order valence-electron chi connectivity index (χ1n) is 9.64. The highest BCUT2D eigenvalue weighted by Gasteiger charge is 2.20. The van der Waals surface area contributed by atoms with E-state index in [0.29, 0.717) is 17.8 Å². The lowest BCUT2D eigenvalue weighted by molar-refractivity contribution is 0.102. The van der Waals surface area contributed by atoms with E-state index in [1.54, 1.807) is 12.3 Å². The minimum Gasteiger partial charge on any atom is -0.383 e. The molecule has 0 atom stereocenters. The predicted octanol–water partition coefficient (Wildman–Crippen LogP) is 3.15. The highest BCUT2D eigenvalue weighted by Crippen LogP contribution is 2.21. The van der Waals surface area contributed by atoms with E-state index >= 15 is 0 Å². The Hall–Kier alpha value is -3.55. The molecule has 8 heteroatoms. The van der Waals surface area contributed by atoms with Crippen LogP contribution in [0.15, 0.2) is 41.7 Å². The summed E-state index contributed by atoms with van der Waals surface area (Å²) >= 11 is 0. The fourth-order valence-corrected chi connectivity index (χ4v) is 3.46. The van der Waals surface area contributed by atoms with Gasteiger partial charge in [-0.2, -0.15) is 0 Å². The minimum absolute atomic E-state index is 0.155. The Morgan fingerprint density at radius 2 is 1.87 bits per heavy atom. The van der Waals surface area contributed by atoms with Crippen molar-refractivity contribution in [2.75, 3.05) is 17.7 Å². The molecule has 2 heterocycles. The van der Waals surface area contributed by atoms with Gasteiger partial charge in [0.05, 0.1) is 24.2 Å². The molecule has 30 heavy (non-hydrogen) atoms. The molecule has 0 aliphatic heterocycles. The first-order chi connectivity index (χ1) is 14.3. The maximum absolute atomic E-state index is 13.2. The van der Waals surface area contributed by atoms with Gasteiger partial charge in [0, 0.05) is 12.6 Å². The summed E-state index contributed by atoms with van der Waals surface area (Å²) in [5.41, 5.74) is 9.46. The molecule has 3 rings (SSSR count). The van der Waals surface area contributed by atoms with E-state index in [1.807, 2.05) is 32.9 Å². The monoisotopic (exact) mass is 409 g/mol. The van der Waals surface area contributed by atoms with Gasteiger partial charge in [-0.25, -0.2) is 4.98 Å². The zero-order valence-electron chi connectivity index (χ0n) is 17.2. The number of aromatic nitrogens is 3. The Morgan fingerprint density at radius 3 is 2.50 bits per heavy atom. The van der Waals surface area contributed by atoms with Crippen LogP contribution in [0, 0.1) is 13.8 Å². The Bertz CT molecular complexity index is 1130. The van der Waals surface area contributed by atoms with Gasteiger partial charge in [-0.3, -0.25) is 23.5 Å². The van der Waals surface area contributed by atoms with Gasteiger partial charge in [0.2, 0.25) is 0 Å². The van der Waals surface area contributed by atoms with E-state index in [-0.39, 0.29) is 11.4 Å². The number of carbonyl (C=O) groups is 1. The number of hydrogen-bond donors (Lipinski definition) is 2. The van der Waals surface area contributed by atoms with Crippen molar-refractivity contribution in [2.45, 2.75) is 33.6 Å². The number of nitrogens with two attached hydrogens (primary N) is 1. The maximum atomic E-state index is 13.2. The number of nitrogens with zero attached hydrogens (tertiary/aromatic N) is 3. The first-order valence-corrected chi connectivity index (χ1v) is 9.64. The lowest BCUT2D eigenvalue weighted by Gasteiger charge is -2.16.